The van der Waals surface area contributed by atoms with Crippen molar-refractivity contribution in [2.24, 2.45) is 5.84 Å². The Kier molecular flexibility index (Phi) is 3.92. The van der Waals surface area contributed by atoms with Crippen LogP contribution in [0.15, 0.2) is 29.8 Å². The molecular weight excluding hydrogens is 215 g/mol. The predicted molar refractivity (Wildman–Crippen MR) is 67.8 cm³/mol. The van der Waals surface area contributed by atoms with Crippen LogP contribution >= 0.6 is 0 Å². The van der Waals surface area contributed by atoms with Crippen molar-refractivity contribution in [1.29, 1.82) is 0 Å². The zero-order valence-electron chi connectivity index (χ0n) is 10.2. The van der Waals surface area contributed by atoms with Crippen LogP contribution in [0.4, 0.5) is 4.39 Å². The molecule has 1 aromatic carbocycles. The molecule has 3 N–H and O–H groups in total. The highest BCUT2D eigenvalue weighted by atomic mass is 19.1. The Balaban J connectivity index is 2.31. The van der Waals surface area contributed by atoms with Gasteiger partial charge in [-0.25, -0.2) is 9.82 Å². The molecule has 92 valence electrons. The summed E-state index contributed by atoms with van der Waals surface area (Å²) < 4.78 is 13.1. The van der Waals surface area contributed by atoms with Crippen molar-refractivity contribution in [3.05, 3.63) is 46.8 Å². The summed E-state index contributed by atoms with van der Waals surface area (Å²) in [4.78, 5) is 0. The average molecular weight is 234 g/mol. The third-order valence-electron chi connectivity index (χ3n) is 3.41. The first-order chi connectivity index (χ1) is 8.22. The molecule has 0 saturated carbocycles. The Morgan fingerprint density at radius 3 is 2.76 bits per heavy atom. The minimum absolute atomic E-state index is 0.0240. The number of halogens is 1. The van der Waals surface area contributed by atoms with Crippen molar-refractivity contribution in [2.75, 3.05) is 0 Å². The van der Waals surface area contributed by atoms with Crippen LogP contribution in [0, 0.1) is 12.7 Å². The minimum atomic E-state index is -0.195. The van der Waals surface area contributed by atoms with Crippen molar-refractivity contribution in [2.45, 2.75) is 38.6 Å². The standard InChI is InChI=1S/C14H19FN2/c1-10-9-12(15)7-8-13(10)14(17-16)11-5-3-2-4-6-11/h5,7-9,14,17H,2-4,6,16H2,1H3. The lowest BCUT2D eigenvalue weighted by Crippen LogP contribution is -2.30. The second-order valence-electron chi connectivity index (χ2n) is 4.63. The van der Waals surface area contributed by atoms with Crippen molar-refractivity contribution < 1.29 is 4.39 Å². The fourth-order valence-electron chi connectivity index (χ4n) is 2.48. The number of hydrazine groups is 1. The van der Waals surface area contributed by atoms with Crippen molar-refractivity contribution in [3.8, 4) is 0 Å². The van der Waals surface area contributed by atoms with Gasteiger partial charge >= 0.3 is 0 Å². The molecule has 0 amide bonds. The van der Waals surface area contributed by atoms with E-state index in [2.05, 4.69) is 11.5 Å². The maximum absolute atomic E-state index is 13.1. The third kappa shape index (κ3) is 2.73. The highest BCUT2D eigenvalue weighted by molar-refractivity contribution is 5.35. The van der Waals surface area contributed by atoms with E-state index in [0.29, 0.717) is 0 Å². The maximum atomic E-state index is 13.1. The minimum Gasteiger partial charge on any atom is -0.271 e. The fourth-order valence-corrected chi connectivity index (χ4v) is 2.48. The lowest BCUT2D eigenvalue weighted by molar-refractivity contribution is 0.561. The van der Waals surface area contributed by atoms with E-state index in [4.69, 9.17) is 5.84 Å². The SMILES string of the molecule is Cc1cc(F)ccc1C(NN)C1=CCCCC1. The Morgan fingerprint density at radius 2 is 2.18 bits per heavy atom. The Hall–Kier alpha value is -1.19. The highest BCUT2D eigenvalue weighted by Gasteiger charge is 2.18. The summed E-state index contributed by atoms with van der Waals surface area (Å²) in [6.07, 6.45) is 6.92. The molecule has 1 atom stereocenters. The second kappa shape index (κ2) is 5.43. The number of nitrogens with one attached hydrogen (secondary N) is 1. The molecule has 0 aromatic heterocycles. The van der Waals surface area contributed by atoms with Crippen LogP contribution < -0.4 is 11.3 Å². The molecule has 0 saturated heterocycles. The van der Waals surface area contributed by atoms with E-state index < -0.39 is 0 Å². The summed E-state index contributed by atoms with van der Waals surface area (Å²) in [5, 5.41) is 0. The van der Waals surface area contributed by atoms with Gasteiger partial charge in [0.15, 0.2) is 0 Å². The summed E-state index contributed by atoms with van der Waals surface area (Å²) in [6.45, 7) is 1.92. The highest BCUT2D eigenvalue weighted by Crippen LogP contribution is 2.31. The van der Waals surface area contributed by atoms with Crippen LogP contribution in [-0.2, 0) is 0 Å². The summed E-state index contributed by atoms with van der Waals surface area (Å²) in [5.41, 5.74) is 6.20. The molecule has 2 rings (SSSR count). The molecule has 0 fully saturated rings. The largest absolute Gasteiger partial charge is 0.271 e. The smallest absolute Gasteiger partial charge is 0.123 e. The van der Waals surface area contributed by atoms with Crippen LogP contribution in [0.2, 0.25) is 0 Å². The van der Waals surface area contributed by atoms with E-state index in [1.807, 2.05) is 13.0 Å². The number of benzene rings is 1. The van der Waals surface area contributed by atoms with Gasteiger partial charge in [0.05, 0.1) is 6.04 Å². The average Bonchev–Trinajstić information content (AvgIpc) is 2.34. The molecule has 1 aliphatic rings. The molecule has 2 nitrogen and oxygen atoms in total. The first-order valence-electron chi connectivity index (χ1n) is 6.13. The first-order valence-corrected chi connectivity index (χ1v) is 6.13. The van der Waals surface area contributed by atoms with E-state index in [-0.39, 0.29) is 11.9 Å². The maximum Gasteiger partial charge on any atom is 0.123 e. The normalized spacial score (nSPS) is 17.7. The lowest BCUT2D eigenvalue weighted by Gasteiger charge is -2.24. The first kappa shape index (κ1) is 12.3. The molecule has 1 aromatic rings. The van der Waals surface area contributed by atoms with Gasteiger partial charge in [-0.2, -0.15) is 0 Å². The van der Waals surface area contributed by atoms with E-state index in [9.17, 15) is 4.39 Å². The molecule has 0 spiro atoms. The fraction of sp³-hybridized carbons (Fsp3) is 0.429. The molecule has 17 heavy (non-hydrogen) atoms. The summed E-state index contributed by atoms with van der Waals surface area (Å²) in [5.74, 6) is 5.46. The van der Waals surface area contributed by atoms with Crippen molar-refractivity contribution in [3.63, 3.8) is 0 Å². The molecule has 0 aliphatic heterocycles. The summed E-state index contributed by atoms with van der Waals surface area (Å²) in [6, 6.07) is 4.90. The molecule has 0 bridgehead atoms. The molecule has 0 heterocycles. The van der Waals surface area contributed by atoms with Crippen molar-refractivity contribution in [1.82, 2.24) is 5.43 Å². The number of aryl methyl sites for hydroxylation is 1. The molecular formula is C14H19FN2. The van der Waals surface area contributed by atoms with E-state index in [1.54, 1.807) is 6.07 Å². The van der Waals surface area contributed by atoms with Gasteiger partial charge < -0.3 is 0 Å². The third-order valence-corrected chi connectivity index (χ3v) is 3.41. The molecule has 3 heteroatoms. The Labute approximate surface area is 102 Å². The van der Waals surface area contributed by atoms with Crippen LogP contribution in [0.25, 0.3) is 0 Å². The molecule has 1 aliphatic carbocycles. The van der Waals surface area contributed by atoms with Crippen LogP contribution in [0.3, 0.4) is 0 Å². The molecule has 0 radical (unpaired) electrons. The van der Waals surface area contributed by atoms with Gasteiger partial charge in [0.2, 0.25) is 0 Å². The van der Waals surface area contributed by atoms with E-state index >= 15 is 0 Å². The van der Waals surface area contributed by atoms with Gasteiger partial charge in [-0.1, -0.05) is 17.7 Å². The van der Waals surface area contributed by atoms with E-state index in [1.165, 1.54) is 24.5 Å². The summed E-state index contributed by atoms with van der Waals surface area (Å²) in [7, 11) is 0. The van der Waals surface area contributed by atoms with Gasteiger partial charge in [-0.15, -0.1) is 0 Å². The number of allylic oxidation sites excluding steroid dienone is 1. The Morgan fingerprint density at radius 1 is 1.35 bits per heavy atom. The van der Waals surface area contributed by atoms with Gasteiger partial charge in [0.25, 0.3) is 0 Å². The lowest BCUT2D eigenvalue weighted by atomic mass is 9.88. The molecule has 1 unspecified atom stereocenters. The quantitative estimate of drug-likeness (QED) is 0.479. The summed E-state index contributed by atoms with van der Waals surface area (Å²) >= 11 is 0. The zero-order chi connectivity index (χ0) is 12.3. The number of hydrogen-bond acceptors (Lipinski definition) is 2. The topological polar surface area (TPSA) is 38.0 Å². The van der Waals surface area contributed by atoms with Gasteiger partial charge in [-0.3, -0.25) is 5.84 Å². The van der Waals surface area contributed by atoms with Gasteiger partial charge in [0, 0.05) is 0 Å². The number of rotatable bonds is 3. The van der Waals surface area contributed by atoms with Crippen LogP contribution in [0.1, 0.15) is 42.9 Å². The van der Waals surface area contributed by atoms with E-state index in [0.717, 1.165) is 24.0 Å². The number of hydrogen-bond donors (Lipinski definition) is 2. The van der Waals surface area contributed by atoms with Crippen LogP contribution in [0.5, 0.6) is 0 Å². The van der Waals surface area contributed by atoms with Gasteiger partial charge in [0.1, 0.15) is 5.82 Å². The number of nitrogens with two attached hydrogens (primary N) is 1. The Bertz CT molecular complexity index is 426. The zero-order valence-corrected chi connectivity index (χ0v) is 10.2. The second-order valence-corrected chi connectivity index (χ2v) is 4.63. The monoisotopic (exact) mass is 234 g/mol. The van der Waals surface area contributed by atoms with Crippen LogP contribution in [-0.4, -0.2) is 0 Å². The van der Waals surface area contributed by atoms with Crippen molar-refractivity contribution >= 4 is 0 Å². The predicted octanol–water partition coefficient (Wildman–Crippen LogP) is 3.14. The van der Waals surface area contributed by atoms with Gasteiger partial charge in [-0.05, 0) is 55.9 Å².